The molecule has 0 amide bonds. The fourth-order valence-corrected chi connectivity index (χ4v) is 6.42. The highest BCUT2D eigenvalue weighted by Gasteiger charge is 2.33. The van der Waals surface area contributed by atoms with E-state index in [1.165, 1.54) is 103 Å². The number of allylic oxidation sites excluding steroid dienone is 2. The highest BCUT2D eigenvalue weighted by Crippen LogP contribution is 2.28. The minimum absolute atomic E-state index is 0.0464. The number of hydrogen-bond donors (Lipinski definition) is 2. The normalized spacial score (nSPS) is 22.1. The molecule has 0 bridgehead atoms. The van der Waals surface area contributed by atoms with Crippen molar-refractivity contribution in [2.24, 2.45) is 0 Å². The van der Waals surface area contributed by atoms with Gasteiger partial charge in [-0.05, 0) is 70.8 Å². The fraction of sp³-hybridized carbons (Fsp3) is 0.865. The molecule has 0 aliphatic carbocycles. The van der Waals surface area contributed by atoms with Crippen LogP contribution in [0.4, 0.5) is 0 Å². The molecule has 0 unspecified atom stereocenters. The van der Waals surface area contributed by atoms with Crippen LogP contribution >= 0.6 is 0 Å². The van der Waals surface area contributed by atoms with Crippen molar-refractivity contribution in [2.45, 2.75) is 205 Å². The number of aliphatic hydroxyl groups is 2. The van der Waals surface area contributed by atoms with Crippen LogP contribution in [-0.2, 0) is 14.3 Å². The van der Waals surface area contributed by atoms with Gasteiger partial charge in [-0.1, -0.05) is 122 Å². The highest BCUT2D eigenvalue weighted by atomic mass is 16.5. The van der Waals surface area contributed by atoms with E-state index in [0.29, 0.717) is 0 Å². The van der Waals surface area contributed by atoms with Crippen LogP contribution in [0.15, 0.2) is 23.8 Å². The van der Waals surface area contributed by atoms with Gasteiger partial charge in [-0.2, -0.15) is 0 Å². The number of rotatable bonds is 27. The maximum atomic E-state index is 11.6. The first-order chi connectivity index (χ1) is 20.5. The van der Waals surface area contributed by atoms with Crippen molar-refractivity contribution in [1.29, 1.82) is 0 Å². The maximum Gasteiger partial charge on any atom is 0.334 e. The Morgan fingerprint density at radius 1 is 0.714 bits per heavy atom. The average molecular weight is 591 g/mol. The van der Waals surface area contributed by atoms with Crippen molar-refractivity contribution < 1.29 is 24.5 Å². The molecule has 5 heteroatoms. The first-order valence-corrected chi connectivity index (χ1v) is 18.1. The van der Waals surface area contributed by atoms with Crippen molar-refractivity contribution in [1.82, 2.24) is 0 Å². The molecular formula is C37H66O5. The van der Waals surface area contributed by atoms with Crippen LogP contribution in [0.3, 0.4) is 0 Å². The lowest BCUT2D eigenvalue weighted by molar-refractivity contribution is -0.139. The molecule has 2 heterocycles. The first kappa shape index (κ1) is 37.0. The molecule has 2 N–H and O–H groups in total. The van der Waals surface area contributed by atoms with E-state index >= 15 is 0 Å². The number of cyclic esters (lactones) is 1. The largest absolute Gasteiger partial charge is 0.455 e. The van der Waals surface area contributed by atoms with Gasteiger partial charge in [0, 0.05) is 5.57 Å². The summed E-state index contributed by atoms with van der Waals surface area (Å²) in [6.45, 7) is 4.18. The lowest BCUT2D eigenvalue weighted by Crippen LogP contribution is -2.30. The summed E-state index contributed by atoms with van der Waals surface area (Å²) < 4.78 is 11.2. The van der Waals surface area contributed by atoms with E-state index in [2.05, 4.69) is 19.1 Å². The number of ether oxygens (including phenoxy) is 2. The number of unbranched alkanes of at least 4 members (excludes halogenated alkanes) is 17. The summed E-state index contributed by atoms with van der Waals surface area (Å²) in [5, 5.41) is 21.2. The summed E-state index contributed by atoms with van der Waals surface area (Å²) in [7, 11) is 0. The number of esters is 1. The van der Waals surface area contributed by atoms with Crippen LogP contribution in [0.5, 0.6) is 0 Å². The number of carbonyl (C=O) groups is 1. The van der Waals surface area contributed by atoms with Gasteiger partial charge in [0.25, 0.3) is 0 Å². The lowest BCUT2D eigenvalue weighted by Gasteiger charge is -2.22. The molecule has 0 spiro atoms. The van der Waals surface area contributed by atoms with E-state index in [1.807, 2.05) is 13.0 Å². The molecule has 244 valence electrons. The molecule has 0 saturated carbocycles. The van der Waals surface area contributed by atoms with Gasteiger partial charge in [0.1, 0.15) is 6.10 Å². The minimum Gasteiger partial charge on any atom is -0.455 e. The van der Waals surface area contributed by atoms with Gasteiger partial charge in [0.15, 0.2) is 0 Å². The van der Waals surface area contributed by atoms with E-state index in [1.54, 1.807) is 0 Å². The smallest absolute Gasteiger partial charge is 0.334 e. The molecule has 2 rings (SSSR count). The molecule has 2 aliphatic rings. The summed E-state index contributed by atoms with van der Waals surface area (Å²) >= 11 is 0. The standard InChI is InChI=1S/C37H66O5/c1-3-4-5-6-7-8-9-10-14-17-20-23-26-33(38)35-28-29-36(42-35)34(39)27-24-21-18-15-12-11-13-16-19-22-25-32-30-31(2)41-37(32)40/h17,20,30-31,33-36,38-39H,3-16,18-19,21-29H2,1-2H3/b20-17-/t31-,33-,34+,35-,36+/m0/s1. The Morgan fingerprint density at radius 2 is 1.21 bits per heavy atom. The van der Waals surface area contributed by atoms with Crippen LogP contribution in [0.1, 0.15) is 174 Å². The van der Waals surface area contributed by atoms with Gasteiger partial charge in [0.05, 0.1) is 24.4 Å². The predicted octanol–water partition coefficient (Wildman–Crippen LogP) is 9.68. The van der Waals surface area contributed by atoms with E-state index < -0.39 is 12.2 Å². The fourth-order valence-electron chi connectivity index (χ4n) is 6.42. The van der Waals surface area contributed by atoms with Crippen molar-refractivity contribution in [3.8, 4) is 0 Å². The second-order valence-electron chi connectivity index (χ2n) is 13.1. The van der Waals surface area contributed by atoms with E-state index in [9.17, 15) is 15.0 Å². The van der Waals surface area contributed by atoms with Crippen LogP contribution in [0.25, 0.3) is 0 Å². The summed E-state index contributed by atoms with van der Waals surface area (Å²) in [6, 6.07) is 0. The molecule has 5 atom stereocenters. The van der Waals surface area contributed by atoms with E-state index in [4.69, 9.17) is 9.47 Å². The minimum atomic E-state index is -0.428. The van der Waals surface area contributed by atoms with Gasteiger partial charge >= 0.3 is 5.97 Å². The third kappa shape index (κ3) is 17.2. The monoisotopic (exact) mass is 590 g/mol. The Labute approximate surface area is 258 Å². The number of hydrogen-bond acceptors (Lipinski definition) is 5. The topological polar surface area (TPSA) is 76.0 Å². The quantitative estimate of drug-likeness (QED) is 0.0566. The molecule has 1 fully saturated rings. The van der Waals surface area contributed by atoms with Crippen molar-refractivity contribution in [3.63, 3.8) is 0 Å². The van der Waals surface area contributed by atoms with Gasteiger partial charge in [0.2, 0.25) is 0 Å². The molecule has 0 radical (unpaired) electrons. The zero-order chi connectivity index (χ0) is 30.3. The van der Waals surface area contributed by atoms with E-state index in [-0.39, 0.29) is 24.3 Å². The van der Waals surface area contributed by atoms with Crippen LogP contribution < -0.4 is 0 Å². The molecule has 0 aromatic carbocycles. The number of carbonyl (C=O) groups excluding carboxylic acids is 1. The maximum absolute atomic E-state index is 11.6. The van der Waals surface area contributed by atoms with Gasteiger partial charge in [-0.15, -0.1) is 0 Å². The Balaban J connectivity index is 1.36. The zero-order valence-electron chi connectivity index (χ0n) is 27.4. The summed E-state index contributed by atoms with van der Waals surface area (Å²) in [5.74, 6) is -0.119. The van der Waals surface area contributed by atoms with Crippen LogP contribution in [0.2, 0.25) is 0 Å². The Hall–Kier alpha value is -1.17. The highest BCUT2D eigenvalue weighted by molar-refractivity contribution is 5.90. The molecule has 0 aromatic rings. The zero-order valence-corrected chi connectivity index (χ0v) is 27.4. The second kappa shape index (κ2) is 24.2. The van der Waals surface area contributed by atoms with Crippen LogP contribution in [-0.4, -0.2) is 46.7 Å². The van der Waals surface area contributed by atoms with Gasteiger partial charge in [-0.25, -0.2) is 4.79 Å². The predicted molar refractivity (Wildman–Crippen MR) is 175 cm³/mol. The van der Waals surface area contributed by atoms with E-state index in [0.717, 1.165) is 63.4 Å². The number of aliphatic hydroxyl groups excluding tert-OH is 2. The SMILES string of the molecule is CCCCCCCCCC/C=C\CC[C@H](O)[C@@H]1CC[C@H]([C@H](O)CCCCCCCCCCCCC2=C[C@H](C)OC2=O)O1. The molecule has 0 aromatic heterocycles. The Kier molecular flexibility index (Phi) is 21.3. The molecule has 1 saturated heterocycles. The Bertz CT molecular complexity index is 732. The summed E-state index contributed by atoms with van der Waals surface area (Å²) in [4.78, 5) is 11.6. The summed E-state index contributed by atoms with van der Waals surface area (Å²) in [5.41, 5.74) is 0.868. The Morgan fingerprint density at radius 3 is 1.79 bits per heavy atom. The second-order valence-corrected chi connectivity index (χ2v) is 13.1. The average Bonchev–Trinajstić information content (AvgIpc) is 3.60. The van der Waals surface area contributed by atoms with Gasteiger partial charge in [-0.3, -0.25) is 0 Å². The van der Waals surface area contributed by atoms with Crippen molar-refractivity contribution in [2.75, 3.05) is 0 Å². The molecular weight excluding hydrogens is 524 g/mol. The lowest BCUT2D eigenvalue weighted by atomic mass is 10.0. The third-order valence-corrected chi connectivity index (χ3v) is 9.15. The molecule has 42 heavy (non-hydrogen) atoms. The van der Waals surface area contributed by atoms with Gasteiger partial charge < -0.3 is 19.7 Å². The van der Waals surface area contributed by atoms with Crippen molar-refractivity contribution in [3.05, 3.63) is 23.8 Å². The molecule has 2 aliphatic heterocycles. The molecule has 5 nitrogen and oxygen atoms in total. The first-order valence-electron chi connectivity index (χ1n) is 18.1. The van der Waals surface area contributed by atoms with Crippen LogP contribution in [0, 0.1) is 0 Å². The summed E-state index contributed by atoms with van der Waals surface area (Å²) in [6.07, 6.45) is 34.5. The van der Waals surface area contributed by atoms with Crippen molar-refractivity contribution >= 4 is 5.97 Å². The third-order valence-electron chi connectivity index (χ3n) is 9.15.